The zero-order chi connectivity index (χ0) is 22.7. The fourth-order valence-corrected chi connectivity index (χ4v) is 3.37. The minimum absolute atomic E-state index is 0.0652. The quantitative estimate of drug-likeness (QED) is 0.206. The van der Waals surface area contributed by atoms with Crippen molar-refractivity contribution in [3.05, 3.63) is 100 Å². The molecule has 3 aromatic carbocycles. The first-order chi connectivity index (χ1) is 15.4. The van der Waals surface area contributed by atoms with Gasteiger partial charge < -0.3 is 14.5 Å². The van der Waals surface area contributed by atoms with Gasteiger partial charge >= 0.3 is 11.6 Å². The molecule has 4 rings (SSSR count). The van der Waals surface area contributed by atoms with Crippen LogP contribution in [0.15, 0.2) is 88.1 Å². The number of nitrogens with one attached hydrogen (secondary N) is 1. The average Bonchev–Trinajstić information content (AvgIpc) is 2.79. The van der Waals surface area contributed by atoms with Crippen LogP contribution in [0, 0.1) is 0 Å². The number of hydrogen-bond acceptors (Lipinski definition) is 5. The van der Waals surface area contributed by atoms with Gasteiger partial charge in [-0.2, -0.15) is 0 Å². The van der Waals surface area contributed by atoms with Gasteiger partial charge in [-0.3, -0.25) is 4.79 Å². The monoisotopic (exact) mass is 427 g/mol. The summed E-state index contributed by atoms with van der Waals surface area (Å²) in [5.74, 6) is -0.965. The van der Waals surface area contributed by atoms with Crippen molar-refractivity contribution >= 4 is 39.3 Å². The maximum absolute atomic E-state index is 12.8. The number of rotatable bonds is 6. The summed E-state index contributed by atoms with van der Waals surface area (Å²) in [7, 11) is 0. The molecule has 1 amide bonds. The molecule has 1 heterocycles. The number of amides is 1. The summed E-state index contributed by atoms with van der Waals surface area (Å²) < 4.78 is 10.5. The number of benzene rings is 3. The van der Waals surface area contributed by atoms with Crippen LogP contribution in [0.25, 0.3) is 21.7 Å². The molecule has 0 atom stereocenters. The molecular weight excluding hydrogens is 406 g/mol. The lowest BCUT2D eigenvalue weighted by atomic mass is 10.0. The van der Waals surface area contributed by atoms with Crippen LogP contribution < -0.4 is 10.9 Å². The summed E-state index contributed by atoms with van der Waals surface area (Å²) in [5.41, 5.74) is 1.51. The Hall–Kier alpha value is -4.19. The summed E-state index contributed by atoms with van der Waals surface area (Å²) in [6, 6.07) is 20.0. The Balaban J connectivity index is 1.50. The first kappa shape index (κ1) is 21.1. The number of hydrogen-bond donors (Lipinski definition) is 1. The highest BCUT2D eigenvalue weighted by atomic mass is 16.5. The van der Waals surface area contributed by atoms with Gasteiger partial charge in [0.25, 0.3) is 5.91 Å². The van der Waals surface area contributed by atoms with Crippen LogP contribution in [0.3, 0.4) is 0 Å². The highest BCUT2D eigenvalue weighted by Crippen LogP contribution is 2.25. The molecule has 0 spiro atoms. The highest BCUT2D eigenvalue weighted by molar-refractivity contribution is 6.10. The molecule has 0 saturated heterocycles. The van der Waals surface area contributed by atoms with Crippen molar-refractivity contribution in [1.82, 2.24) is 0 Å². The predicted molar refractivity (Wildman–Crippen MR) is 124 cm³/mol. The van der Waals surface area contributed by atoms with Crippen molar-refractivity contribution in [3.8, 4) is 0 Å². The van der Waals surface area contributed by atoms with E-state index in [9.17, 15) is 14.4 Å². The van der Waals surface area contributed by atoms with Gasteiger partial charge in [-0.25, -0.2) is 9.59 Å². The van der Waals surface area contributed by atoms with E-state index in [1.165, 1.54) is 0 Å². The van der Waals surface area contributed by atoms with Crippen LogP contribution in [-0.2, 0) is 16.0 Å². The Bertz CT molecular complexity index is 1400. The second-order valence-corrected chi connectivity index (χ2v) is 7.46. The summed E-state index contributed by atoms with van der Waals surface area (Å²) in [4.78, 5) is 36.6. The zero-order valence-electron chi connectivity index (χ0n) is 17.5. The van der Waals surface area contributed by atoms with Gasteiger partial charge in [-0.15, -0.1) is 0 Å². The van der Waals surface area contributed by atoms with Gasteiger partial charge in [0.1, 0.15) is 11.1 Å². The zero-order valence-corrected chi connectivity index (χ0v) is 17.5. The number of carbonyl (C=O) groups is 2. The molecule has 160 valence electrons. The first-order valence-corrected chi connectivity index (χ1v) is 10.1. The summed E-state index contributed by atoms with van der Waals surface area (Å²) in [6.07, 6.45) is 0.536. The normalized spacial score (nSPS) is 10.8. The molecule has 0 unspecified atom stereocenters. The number of fused-ring (bicyclic) bond motifs is 3. The third-order valence-electron chi connectivity index (χ3n) is 5.07. The molecule has 1 N–H and O–H groups in total. The highest BCUT2D eigenvalue weighted by Gasteiger charge is 2.15. The molecular formula is C26H21NO5. The molecule has 0 bridgehead atoms. The molecule has 32 heavy (non-hydrogen) atoms. The third-order valence-corrected chi connectivity index (χ3v) is 5.07. The van der Waals surface area contributed by atoms with Gasteiger partial charge in [0.2, 0.25) is 0 Å². The van der Waals surface area contributed by atoms with Gasteiger partial charge in [0.15, 0.2) is 0 Å². The van der Waals surface area contributed by atoms with Crippen molar-refractivity contribution in [2.45, 2.75) is 13.3 Å². The maximum Gasteiger partial charge on any atom is 0.349 e. The largest absolute Gasteiger partial charge is 0.462 e. The van der Waals surface area contributed by atoms with E-state index in [1.54, 1.807) is 31.2 Å². The number of anilines is 1. The maximum atomic E-state index is 12.8. The molecule has 0 radical (unpaired) electrons. The van der Waals surface area contributed by atoms with Gasteiger partial charge in [0.05, 0.1) is 6.61 Å². The van der Waals surface area contributed by atoms with Crippen LogP contribution in [0.4, 0.5) is 5.69 Å². The predicted octanol–water partition coefficient (Wildman–Crippen LogP) is 4.86. The lowest BCUT2D eigenvalue weighted by Gasteiger charge is -2.08. The fourth-order valence-electron chi connectivity index (χ4n) is 3.37. The van der Waals surface area contributed by atoms with Gasteiger partial charge in [-0.1, -0.05) is 49.0 Å². The van der Waals surface area contributed by atoms with E-state index in [0.717, 1.165) is 16.3 Å². The lowest BCUT2D eigenvalue weighted by Crippen LogP contribution is -2.20. The van der Waals surface area contributed by atoms with Crippen molar-refractivity contribution in [3.63, 3.8) is 0 Å². The average molecular weight is 427 g/mol. The molecule has 4 aromatic rings. The second-order valence-electron chi connectivity index (χ2n) is 7.46. The Morgan fingerprint density at radius 1 is 1.00 bits per heavy atom. The SMILES string of the molecule is C=C(C)C(=O)OCCc1ccc(NC(=O)c2cc3c(ccc4ccccc43)oc2=O)cc1. The van der Waals surface area contributed by atoms with Crippen LogP contribution in [0.5, 0.6) is 0 Å². The van der Waals surface area contributed by atoms with Crippen molar-refractivity contribution < 1.29 is 18.7 Å². The number of ether oxygens (including phenoxy) is 1. The van der Waals surface area contributed by atoms with E-state index < -0.39 is 17.5 Å². The molecule has 0 aliphatic carbocycles. The second kappa shape index (κ2) is 8.89. The van der Waals surface area contributed by atoms with Crippen molar-refractivity contribution in [1.29, 1.82) is 0 Å². The number of esters is 1. The third kappa shape index (κ3) is 4.44. The standard InChI is InChI=1S/C26H21NO5/c1-16(2)25(29)31-14-13-17-7-10-19(11-8-17)27-24(28)22-15-21-20-6-4-3-5-18(20)9-12-23(21)32-26(22)30/h3-12,15H,1,13-14H2,2H3,(H,27,28). The van der Waals surface area contributed by atoms with E-state index in [4.69, 9.17) is 9.15 Å². The van der Waals surface area contributed by atoms with E-state index in [2.05, 4.69) is 11.9 Å². The molecule has 6 heteroatoms. The Morgan fingerprint density at radius 2 is 1.75 bits per heavy atom. The lowest BCUT2D eigenvalue weighted by molar-refractivity contribution is -0.138. The first-order valence-electron chi connectivity index (χ1n) is 10.1. The van der Waals surface area contributed by atoms with E-state index in [1.807, 2.05) is 42.5 Å². The van der Waals surface area contributed by atoms with Crippen LogP contribution >= 0.6 is 0 Å². The minimum atomic E-state index is -0.693. The van der Waals surface area contributed by atoms with Crippen molar-refractivity contribution in [2.24, 2.45) is 0 Å². The molecule has 6 nitrogen and oxygen atoms in total. The van der Waals surface area contributed by atoms with Gasteiger partial charge in [0, 0.05) is 23.1 Å². The van der Waals surface area contributed by atoms with Crippen molar-refractivity contribution in [2.75, 3.05) is 11.9 Å². The fraction of sp³-hybridized carbons (Fsp3) is 0.115. The summed E-state index contributed by atoms with van der Waals surface area (Å²) in [6.45, 7) is 5.37. The molecule has 0 fully saturated rings. The van der Waals surface area contributed by atoms with E-state index in [-0.39, 0.29) is 12.2 Å². The number of carbonyl (C=O) groups excluding carboxylic acids is 2. The van der Waals surface area contributed by atoms with Crippen LogP contribution in [0.2, 0.25) is 0 Å². The van der Waals surface area contributed by atoms with Crippen LogP contribution in [-0.4, -0.2) is 18.5 Å². The molecule has 0 aliphatic rings. The van der Waals surface area contributed by atoms with Crippen LogP contribution in [0.1, 0.15) is 22.8 Å². The van der Waals surface area contributed by atoms with E-state index in [0.29, 0.717) is 28.7 Å². The van der Waals surface area contributed by atoms with Gasteiger partial charge in [-0.05, 0) is 47.5 Å². The smallest absolute Gasteiger partial charge is 0.349 e. The Morgan fingerprint density at radius 3 is 2.50 bits per heavy atom. The Labute approximate surface area is 184 Å². The summed E-state index contributed by atoms with van der Waals surface area (Å²) in [5, 5.41) is 5.33. The summed E-state index contributed by atoms with van der Waals surface area (Å²) >= 11 is 0. The molecule has 0 saturated carbocycles. The molecule has 1 aromatic heterocycles. The molecule has 0 aliphatic heterocycles. The Kier molecular flexibility index (Phi) is 5.85. The minimum Gasteiger partial charge on any atom is -0.462 e. The topological polar surface area (TPSA) is 85.6 Å². The van der Waals surface area contributed by atoms with E-state index >= 15 is 0 Å².